The van der Waals surface area contributed by atoms with E-state index in [1.165, 1.54) is 26.4 Å². The Hall–Kier alpha value is -1.80. The first kappa shape index (κ1) is 20.5. The lowest BCUT2D eigenvalue weighted by molar-refractivity contribution is -0.132. The van der Waals surface area contributed by atoms with Crippen LogP contribution < -0.4 is 14.2 Å². The Morgan fingerprint density at radius 3 is 2.38 bits per heavy atom. The maximum Gasteiger partial charge on any atom is 0.245 e. The Labute approximate surface area is 155 Å². The van der Waals surface area contributed by atoms with Gasteiger partial charge in [-0.05, 0) is 37.3 Å². The zero-order valence-corrected chi connectivity index (χ0v) is 16.6. The minimum Gasteiger partial charge on any atom is -0.497 e. The molecule has 2 rings (SSSR count). The van der Waals surface area contributed by atoms with Gasteiger partial charge in [-0.15, -0.1) is 0 Å². The predicted octanol–water partition coefficient (Wildman–Crippen LogP) is 2.02. The van der Waals surface area contributed by atoms with E-state index in [2.05, 4.69) is 4.72 Å². The van der Waals surface area contributed by atoms with Crippen LogP contribution in [0.5, 0.6) is 11.5 Å². The molecule has 1 N–H and O–H groups in total. The van der Waals surface area contributed by atoms with Crippen molar-refractivity contribution in [1.29, 1.82) is 0 Å². The van der Waals surface area contributed by atoms with Crippen LogP contribution in [-0.2, 0) is 14.8 Å². The van der Waals surface area contributed by atoms with Crippen molar-refractivity contribution >= 4 is 15.9 Å². The van der Waals surface area contributed by atoms with Crippen LogP contribution in [0.2, 0.25) is 0 Å². The van der Waals surface area contributed by atoms with Crippen molar-refractivity contribution in [3.05, 3.63) is 18.2 Å². The third kappa shape index (κ3) is 4.88. The van der Waals surface area contributed by atoms with E-state index >= 15 is 0 Å². The van der Waals surface area contributed by atoms with Crippen LogP contribution in [0.15, 0.2) is 23.1 Å². The second-order valence-electron chi connectivity index (χ2n) is 6.85. The summed E-state index contributed by atoms with van der Waals surface area (Å²) in [4.78, 5) is 14.5. The smallest absolute Gasteiger partial charge is 0.245 e. The summed E-state index contributed by atoms with van der Waals surface area (Å²) in [6.07, 6.45) is 2.34. The normalized spacial score (nSPS) is 16.0. The van der Waals surface area contributed by atoms with E-state index in [4.69, 9.17) is 9.47 Å². The minimum absolute atomic E-state index is 0.0395. The highest BCUT2D eigenvalue weighted by atomic mass is 32.2. The van der Waals surface area contributed by atoms with Crippen molar-refractivity contribution in [1.82, 2.24) is 9.62 Å². The van der Waals surface area contributed by atoms with Crippen LogP contribution in [0.3, 0.4) is 0 Å². The van der Waals surface area contributed by atoms with Gasteiger partial charge in [0.25, 0.3) is 0 Å². The summed E-state index contributed by atoms with van der Waals surface area (Å²) in [7, 11) is -1.09. The molecular formula is C18H28N2O5S. The van der Waals surface area contributed by atoms with Crippen LogP contribution >= 0.6 is 0 Å². The summed E-state index contributed by atoms with van der Waals surface area (Å²) in [5.41, 5.74) is 0. The molecule has 1 saturated heterocycles. The van der Waals surface area contributed by atoms with Crippen molar-refractivity contribution in [2.24, 2.45) is 5.92 Å². The monoisotopic (exact) mass is 384 g/mol. The number of sulfonamides is 1. The Bertz CT molecular complexity index is 727. The number of likely N-dealkylation sites (tertiary alicyclic amines) is 1. The van der Waals surface area contributed by atoms with Crippen LogP contribution in [0.1, 0.15) is 33.1 Å². The lowest BCUT2D eigenvalue weighted by atomic mass is 10.0. The zero-order valence-electron chi connectivity index (χ0n) is 15.8. The highest BCUT2D eigenvalue weighted by Gasteiger charge is 2.32. The maximum absolute atomic E-state index is 13.0. The number of carbonyl (C=O) groups is 1. The summed E-state index contributed by atoms with van der Waals surface area (Å²) < 4.78 is 38.8. The molecule has 1 aliphatic rings. The van der Waals surface area contributed by atoms with Crippen molar-refractivity contribution in [2.75, 3.05) is 27.3 Å². The molecule has 1 heterocycles. The topological polar surface area (TPSA) is 84.9 Å². The van der Waals surface area contributed by atoms with Gasteiger partial charge in [0.05, 0.1) is 14.2 Å². The number of hydrogen-bond acceptors (Lipinski definition) is 5. The quantitative estimate of drug-likeness (QED) is 0.741. The fourth-order valence-electron chi connectivity index (χ4n) is 3.07. The molecule has 1 amide bonds. The van der Waals surface area contributed by atoms with Gasteiger partial charge in [-0.1, -0.05) is 13.8 Å². The third-order valence-electron chi connectivity index (χ3n) is 4.38. The summed E-state index contributed by atoms with van der Waals surface area (Å²) in [5.74, 6) is 0.607. The summed E-state index contributed by atoms with van der Waals surface area (Å²) in [6, 6.07) is 3.76. The molecule has 1 aromatic rings. The molecule has 8 heteroatoms. The van der Waals surface area contributed by atoms with Crippen molar-refractivity contribution in [3.63, 3.8) is 0 Å². The average Bonchev–Trinajstić information content (AvgIpc) is 3.13. The van der Waals surface area contributed by atoms with Gasteiger partial charge in [0.2, 0.25) is 15.9 Å². The molecule has 1 aromatic carbocycles. The van der Waals surface area contributed by atoms with Crippen LogP contribution in [0.4, 0.5) is 0 Å². The number of benzene rings is 1. The van der Waals surface area contributed by atoms with Crippen molar-refractivity contribution in [3.8, 4) is 11.5 Å². The standard InChI is InChI=1S/C18H28N2O5S/c1-13(2)11-15(18(21)20-9-5-6-10-20)19-26(22,23)17-12-14(24-3)7-8-16(17)25-4/h7-8,12-13,15,19H,5-6,9-11H2,1-4H3/t15-/m1/s1. The minimum atomic E-state index is -3.96. The number of carbonyl (C=O) groups excluding carboxylic acids is 1. The van der Waals surface area contributed by atoms with E-state index < -0.39 is 16.1 Å². The predicted molar refractivity (Wildman–Crippen MR) is 98.9 cm³/mol. The SMILES string of the molecule is COc1ccc(OC)c(S(=O)(=O)N[C@H](CC(C)C)C(=O)N2CCCC2)c1. The fourth-order valence-corrected chi connectivity index (χ4v) is 4.46. The fraction of sp³-hybridized carbons (Fsp3) is 0.611. The first-order valence-electron chi connectivity index (χ1n) is 8.81. The Morgan fingerprint density at radius 2 is 1.85 bits per heavy atom. The second kappa shape index (κ2) is 8.73. The second-order valence-corrected chi connectivity index (χ2v) is 8.54. The first-order chi connectivity index (χ1) is 12.3. The molecule has 0 saturated carbocycles. The van der Waals surface area contributed by atoms with E-state index in [1.54, 1.807) is 11.0 Å². The molecule has 0 unspecified atom stereocenters. The lowest BCUT2D eigenvalue weighted by Gasteiger charge is -2.25. The number of methoxy groups -OCH3 is 2. The molecule has 0 aromatic heterocycles. The van der Waals surface area contributed by atoms with Gasteiger partial charge in [0.1, 0.15) is 22.4 Å². The molecular weight excluding hydrogens is 356 g/mol. The zero-order chi connectivity index (χ0) is 19.3. The molecule has 146 valence electrons. The molecule has 0 bridgehead atoms. The summed E-state index contributed by atoms with van der Waals surface area (Å²) >= 11 is 0. The van der Waals surface area contributed by atoms with Gasteiger partial charge >= 0.3 is 0 Å². The van der Waals surface area contributed by atoms with Crippen LogP contribution in [0.25, 0.3) is 0 Å². The molecule has 1 fully saturated rings. The van der Waals surface area contributed by atoms with Crippen LogP contribution in [-0.4, -0.2) is 52.6 Å². The Morgan fingerprint density at radius 1 is 1.19 bits per heavy atom. The largest absolute Gasteiger partial charge is 0.497 e. The first-order valence-corrected chi connectivity index (χ1v) is 10.3. The summed E-state index contributed by atoms with van der Waals surface area (Å²) in [5, 5.41) is 0. The third-order valence-corrected chi connectivity index (χ3v) is 5.87. The van der Waals surface area contributed by atoms with Gasteiger partial charge in [-0.3, -0.25) is 4.79 Å². The van der Waals surface area contributed by atoms with E-state index in [9.17, 15) is 13.2 Å². The lowest BCUT2D eigenvalue weighted by Crippen LogP contribution is -2.48. The highest BCUT2D eigenvalue weighted by Crippen LogP contribution is 2.28. The van der Waals surface area contributed by atoms with Gasteiger partial charge in [0, 0.05) is 19.2 Å². The Balaban J connectivity index is 2.32. The number of hydrogen-bond donors (Lipinski definition) is 1. The Kier molecular flexibility index (Phi) is 6.88. The van der Waals surface area contributed by atoms with Gasteiger partial charge in [-0.25, -0.2) is 8.42 Å². The number of rotatable bonds is 8. The molecule has 0 spiro atoms. The van der Waals surface area contributed by atoms with E-state index in [-0.39, 0.29) is 22.5 Å². The maximum atomic E-state index is 13.0. The molecule has 7 nitrogen and oxygen atoms in total. The molecule has 0 radical (unpaired) electrons. The number of nitrogens with one attached hydrogen (secondary N) is 1. The van der Waals surface area contributed by atoms with Gasteiger partial charge in [0.15, 0.2) is 0 Å². The van der Waals surface area contributed by atoms with E-state index in [0.717, 1.165) is 12.8 Å². The number of ether oxygens (including phenoxy) is 2. The molecule has 1 aliphatic heterocycles. The van der Waals surface area contributed by atoms with Crippen LogP contribution in [0, 0.1) is 5.92 Å². The molecule has 1 atom stereocenters. The van der Waals surface area contributed by atoms with E-state index in [0.29, 0.717) is 25.3 Å². The average molecular weight is 384 g/mol. The van der Waals surface area contributed by atoms with Gasteiger partial charge in [-0.2, -0.15) is 4.72 Å². The van der Waals surface area contributed by atoms with Crippen molar-refractivity contribution < 1.29 is 22.7 Å². The highest BCUT2D eigenvalue weighted by molar-refractivity contribution is 7.89. The number of amides is 1. The summed E-state index contributed by atoms with van der Waals surface area (Å²) in [6.45, 7) is 5.28. The van der Waals surface area contributed by atoms with E-state index in [1.807, 2.05) is 13.8 Å². The van der Waals surface area contributed by atoms with Gasteiger partial charge < -0.3 is 14.4 Å². The number of nitrogens with zero attached hydrogens (tertiary/aromatic N) is 1. The molecule has 0 aliphatic carbocycles. The molecule has 26 heavy (non-hydrogen) atoms. The van der Waals surface area contributed by atoms with Crippen molar-refractivity contribution in [2.45, 2.75) is 44.0 Å².